The van der Waals surface area contributed by atoms with Crippen molar-refractivity contribution in [2.45, 2.75) is 19.8 Å². The number of hydrogen-bond donors (Lipinski definition) is 1. The van der Waals surface area contributed by atoms with Gasteiger partial charge in [-0.05, 0) is 12.5 Å². The maximum Gasteiger partial charge on any atom is 0.345 e. The van der Waals surface area contributed by atoms with Crippen LogP contribution in [0.5, 0.6) is 5.75 Å². The van der Waals surface area contributed by atoms with Crippen LogP contribution in [0.3, 0.4) is 0 Å². The Labute approximate surface area is 92.8 Å². The Kier molecular flexibility index (Phi) is 4.37. The van der Waals surface area contributed by atoms with Gasteiger partial charge in [0.1, 0.15) is 16.5 Å². The molecular weight excluding hydrogens is 218 g/mol. The van der Waals surface area contributed by atoms with Crippen molar-refractivity contribution < 1.29 is 14.6 Å². The molecule has 0 saturated heterocycles. The Bertz CT molecular complexity index is 334. The van der Waals surface area contributed by atoms with Gasteiger partial charge >= 0.3 is 5.97 Å². The van der Waals surface area contributed by atoms with E-state index in [1.54, 1.807) is 0 Å². The molecule has 0 bridgehead atoms. The number of carbonyl (C=O) groups is 1. The summed E-state index contributed by atoms with van der Waals surface area (Å²) in [5.74, 6) is -0.851. The molecule has 0 aromatic carbocycles. The number of halogens is 1. The van der Waals surface area contributed by atoms with Crippen LogP contribution in [0.2, 0.25) is 5.15 Å². The largest absolute Gasteiger partial charge is 0.507 e. The Morgan fingerprint density at radius 3 is 3.00 bits per heavy atom. The van der Waals surface area contributed by atoms with Crippen molar-refractivity contribution >= 4 is 17.6 Å². The summed E-state index contributed by atoms with van der Waals surface area (Å²) in [6.07, 6.45) is 3.03. The number of hydrogen-bond acceptors (Lipinski definition) is 4. The van der Waals surface area contributed by atoms with Gasteiger partial charge in [-0.2, -0.15) is 0 Å². The quantitative estimate of drug-likeness (QED) is 0.489. The van der Waals surface area contributed by atoms with Crippen LogP contribution in [0.25, 0.3) is 0 Å². The molecule has 4 nitrogen and oxygen atoms in total. The lowest BCUT2D eigenvalue weighted by molar-refractivity contribution is 0.0496. The molecule has 1 heterocycles. The summed E-state index contributed by atoms with van der Waals surface area (Å²) in [5.41, 5.74) is -0.0738. The minimum atomic E-state index is -0.640. The predicted octanol–water partition coefficient (Wildman–Crippen LogP) is 2.40. The minimum absolute atomic E-state index is 0.0449. The Hall–Kier alpha value is -1.29. The molecular formula is C10H12ClNO3. The molecule has 0 aliphatic heterocycles. The maximum atomic E-state index is 11.5. The molecule has 0 aliphatic rings. The molecule has 1 aromatic rings. The highest BCUT2D eigenvalue weighted by Crippen LogP contribution is 2.23. The summed E-state index contributed by atoms with van der Waals surface area (Å²) in [6, 6.07) is 1.29. The van der Waals surface area contributed by atoms with Crippen LogP contribution in [0.4, 0.5) is 0 Å². The minimum Gasteiger partial charge on any atom is -0.507 e. The number of pyridine rings is 1. The zero-order chi connectivity index (χ0) is 11.3. The van der Waals surface area contributed by atoms with E-state index >= 15 is 0 Å². The summed E-state index contributed by atoms with van der Waals surface area (Å²) >= 11 is 5.67. The van der Waals surface area contributed by atoms with Crippen LogP contribution in [0.15, 0.2) is 12.3 Å². The van der Waals surface area contributed by atoms with Crippen molar-refractivity contribution in [2.75, 3.05) is 6.61 Å². The predicted molar refractivity (Wildman–Crippen MR) is 56.1 cm³/mol. The van der Waals surface area contributed by atoms with E-state index in [1.807, 2.05) is 6.92 Å². The third kappa shape index (κ3) is 3.09. The molecule has 5 heteroatoms. The number of esters is 1. The number of ether oxygens (including phenoxy) is 1. The van der Waals surface area contributed by atoms with E-state index in [0.717, 1.165) is 12.8 Å². The van der Waals surface area contributed by atoms with Crippen molar-refractivity contribution in [1.29, 1.82) is 0 Å². The zero-order valence-electron chi connectivity index (χ0n) is 8.36. The van der Waals surface area contributed by atoms with E-state index in [0.29, 0.717) is 6.61 Å². The van der Waals surface area contributed by atoms with Gasteiger partial charge < -0.3 is 9.84 Å². The van der Waals surface area contributed by atoms with Gasteiger partial charge in [0, 0.05) is 6.20 Å². The number of aromatic nitrogens is 1. The number of unbranched alkanes of at least 4 members (excludes halogenated alkanes) is 1. The summed E-state index contributed by atoms with van der Waals surface area (Å²) in [5, 5.41) is 9.35. The first kappa shape index (κ1) is 11.8. The van der Waals surface area contributed by atoms with Gasteiger partial charge in [-0.1, -0.05) is 24.9 Å². The van der Waals surface area contributed by atoms with Crippen LogP contribution in [0.1, 0.15) is 30.1 Å². The summed E-state index contributed by atoms with van der Waals surface area (Å²) in [6.45, 7) is 2.31. The van der Waals surface area contributed by atoms with Crippen molar-refractivity contribution in [2.24, 2.45) is 0 Å². The summed E-state index contributed by atoms with van der Waals surface area (Å²) in [7, 11) is 0. The molecule has 82 valence electrons. The number of carbonyl (C=O) groups excluding carboxylic acids is 1. The van der Waals surface area contributed by atoms with Gasteiger partial charge in [0.2, 0.25) is 0 Å². The van der Waals surface area contributed by atoms with Gasteiger partial charge in [0.05, 0.1) is 6.61 Å². The molecule has 15 heavy (non-hydrogen) atoms. The van der Waals surface area contributed by atoms with Gasteiger partial charge in [0.15, 0.2) is 0 Å². The molecule has 0 unspecified atom stereocenters. The molecule has 0 amide bonds. The number of rotatable bonds is 4. The van der Waals surface area contributed by atoms with E-state index in [9.17, 15) is 9.90 Å². The SMILES string of the molecule is CCCCOC(=O)c1c(O)ccnc1Cl. The molecule has 1 aromatic heterocycles. The van der Waals surface area contributed by atoms with Crippen molar-refractivity contribution in [1.82, 2.24) is 4.98 Å². The summed E-state index contributed by atoms with van der Waals surface area (Å²) in [4.78, 5) is 15.1. The fourth-order valence-corrected chi connectivity index (χ4v) is 1.23. The highest BCUT2D eigenvalue weighted by Gasteiger charge is 2.17. The van der Waals surface area contributed by atoms with Gasteiger partial charge in [-0.15, -0.1) is 0 Å². The second-order valence-electron chi connectivity index (χ2n) is 2.99. The molecule has 1 N–H and O–H groups in total. The van der Waals surface area contributed by atoms with Crippen molar-refractivity contribution in [3.8, 4) is 5.75 Å². The highest BCUT2D eigenvalue weighted by molar-refractivity contribution is 6.32. The average molecular weight is 230 g/mol. The topological polar surface area (TPSA) is 59.4 Å². The molecule has 0 saturated carbocycles. The van der Waals surface area contributed by atoms with Crippen LogP contribution in [-0.2, 0) is 4.74 Å². The first-order valence-electron chi connectivity index (χ1n) is 4.67. The average Bonchev–Trinajstić information content (AvgIpc) is 2.18. The van der Waals surface area contributed by atoms with E-state index in [4.69, 9.17) is 16.3 Å². The normalized spacial score (nSPS) is 10.0. The zero-order valence-corrected chi connectivity index (χ0v) is 9.12. The third-order valence-corrected chi connectivity index (χ3v) is 2.10. The standard InChI is InChI=1S/C10H12ClNO3/c1-2-3-6-15-10(14)8-7(13)4-5-12-9(8)11/h4-5H,2-3,6H2,1H3,(H,12,13). The molecule has 0 fully saturated rings. The lowest BCUT2D eigenvalue weighted by Crippen LogP contribution is -2.08. The molecule has 0 atom stereocenters. The molecule has 0 spiro atoms. The molecule has 0 radical (unpaired) electrons. The second kappa shape index (κ2) is 5.56. The number of nitrogens with zero attached hydrogens (tertiary/aromatic N) is 1. The van der Waals surface area contributed by atoms with Crippen LogP contribution < -0.4 is 0 Å². The van der Waals surface area contributed by atoms with Crippen molar-refractivity contribution in [3.63, 3.8) is 0 Å². The van der Waals surface area contributed by atoms with Gasteiger partial charge in [-0.25, -0.2) is 9.78 Å². The van der Waals surface area contributed by atoms with Gasteiger partial charge in [-0.3, -0.25) is 0 Å². The lowest BCUT2D eigenvalue weighted by atomic mass is 10.2. The fourth-order valence-electron chi connectivity index (χ4n) is 0.997. The van der Waals surface area contributed by atoms with E-state index in [-0.39, 0.29) is 16.5 Å². The first-order chi connectivity index (χ1) is 7.16. The van der Waals surface area contributed by atoms with Crippen LogP contribution in [0, 0.1) is 0 Å². The smallest absolute Gasteiger partial charge is 0.345 e. The van der Waals surface area contributed by atoms with Crippen LogP contribution >= 0.6 is 11.6 Å². The van der Waals surface area contributed by atoms with Gasteiger partial charge in [0.25, 0.3) is 0 Å². The Balaban J connectivity index is 2.73. The first-order valence-corrected chi connectivity index (χ1v) is 5.05. The van der Waals surface area contributed by atoms with Crippen LogP contribution in [-0.4, -0.2) is 22.7 Å². The maximum absolute atomic E-state index is 11.5. The van der Waals surface area contributed by atoms with E-state index in [2.05, 4.69) is 4.98 Å². The molecule has 1 rings (SSSR count). The monoisotopic (exact) mass is 229 g/mol. The van der Waals surface area contributed by atoms with E-state index < -0.39 is 5.97 Å². The number of aromatic hydroxyl groups is 1. The summed E-state index contributed by atoms with van der Waals surface area (Å²) < 4.78 is 4.91. The fraction of sp³-hybridized carbons (Fsp3) is 0.400. The lowest BCUT2D eigenvalue weighted by Gasteiger charge is -2.06. The second-order valence-corrected chi connectivity index (χ2v) is 3.34. The Morgan fingerprint density at radius 2 is 2.40 bits per heavy atom. The van der Waals surface area contributed by atoms with E-state index in [1.165, 1.54) is 12.3 Å². The third-order valence-electron chi connectivity index (χ3n) is 1.82. The van der Waals surface area contributed by atoms with Crippen molar-refractivity contribution in [3.05, 3.63) is 23.0 Å². The Morgan fingerprint density at radius 1 is 1.67 bits per heavy atom. The molecule has 0 aliphatic carbocycles. The highest BCUT2D eigenvalue weighted by atomic mass is 35.5.